The number of nitrogens with one attached hydrogen (secondary N) is 2. The first-order valence-corrected chi connectivity index (χ1v) is 6.25. The van der Waals surface area contributed by atoms with Crippen molar-refractivity contribution in [3.8, 4) is 0 Å². The standard InChI is InChI=1S/C12H15ClN2O2/c13-8-4-1-2-5-9(8)15-12(17)10-6-3-7-11(16)14-10/h3,6-9H,1-2,4-5H2,(H,14,16)(H,15,17). The molecule has 2 rings (SSSR count). The molecule has 4 nitrogen and oxygen atoms in total. The summed E-state index contributed by atoms with van der Waals surface area (Å²) in [5.74, 6) is -0.264. The average molecular weight is 255 g/mol. The van der Waals surface area contributed by atoms with E-state index in [9.17, 15) is 9.59 Å². The fourth-order valence-electron chi connectivity index (χ4n) is 2.07. The number of carbonyl (C=O) groups is 1. The monoisotopic (exact) mass is 254 g/mol. The van der Waals surface area contributed by atoms with E-state index >= 15 is 0 Å². The molecule has 1 aliphatic rings. The first kappa shape index (κ1) is 12.2. The molecule has 0 radical (unpaired) electrons. The zero-order valence-corrected chi connectivity index (χ0v) is 10.2. The van der Waals surface area contributed by atoms with E-state index in [1.54, 1.807) is 12.1 Å². The molecular weight excluding hydrogens is 240 g/mol. The predicted octanol–water partition coefficient (Wildman–Crippen LogP) is 1.65. The number of alkyl halides is 1. The van der Waals surface area contributed by atoms with Crippen LogP contribution in [0.15, 0.2) is 23.0 Å². The molecule has 0 spiro atoms. The molecule has 2 atom stereocenters. The van der Waals surface area contributed by atoms with Crippen LogP contribution < -0.4 is 10.9 Å². The highest BCUT2D eigenvalue weighted by Gasteiger charge is 2.25. The van der Waals surface area contributed by atoms with E-state index in [2.05, 4.69) is 10.3 Å². The number of hydrogen-bond acceptors (Lipinski definition) is 2. The van der Waals surface area contributed by atoms with Crippen molar-refractivity contribution >= 4 is 17.5 Å². The second-order valence-electron chi connectivity index (χ2n) is 4.31. The molecule has 1 amide bonds. The van der Waals surface area contributed by atoms with Crippen molar-refractivity contribution in [3.05, 3.63) is 34.2 Å². The summed E-state index contributed by atoms with van der Waals surface area (Å²) in [6.45, 7) is 0. The van der Waals surface area contributed by atoms with Gasteiger partial charge in [0.1, 0.15) is 5.69 Å². The molecule has 0 saturated heterocycles. The van der Waals surface area contributed by atoms with Gasteiger partial charge in [0.2, 0.25) is 5.56 Å². The number of hydrogen-bond donors (Lipinski definition) is 2. The predicted molar refractivity (Wildman–Crippen MR) is 66.4 cm³/mol. The van der Waals surface area contributed by atoms with Crippen molar-refractivity contribution in [2.45, 2.75) is 37.1 Å². The van der Waals surface area contributed by atoms with Gasteiger partial charge in [-0.05, 0) is 18.9 Å². The molecule has 1 aliphatic carbocycles. The number of rotatable bonds is 2. The Morgan fingerprint density at radius 1 is 1.35 bits per heavy atom. The fraction of sp³-hybridized carbons (Fsp3) is 0.500. The maximum absolute atomic E-state index is 11.9. The number of aromatic nitrogens is 1. The van der Waals surface area contributed by atoms with E-state index in [-0.39, 0.29) is 28.6 Å². The van der Waals surface area contributed by atoms with Crippen LogP contribution in [0.1, 0.15) is 36.2 Å². The highest BCUT2D eigenvalue weighted by molar-refractivity contribution is 6.21. The Bertz CT molecular complexity index is 458. The number of pyridine rings is 1. The zero-order valence-electron chi connectivity index (χ0n) is 9.41. The lowest BCUT2D eigenvalue weighted by Crippen LogP contribution is -2.43. The third-order valence-electron chi connectivity index (χ3n) is 3.01. The van der Waals surface area contributed by atoms with Crippen LogP contribution in [0.5, 0.6) is 0 Å². The van der Waals surface area contributed by atoms with Gasteiger partial charge in [0, 0.05) is 12.1 Å². The summed E-state index contributed by atoms with van der Waals surface area (Å²) in [6, 6.07) is 4.53. The molecule has 1 saturated carbocycles. The van der Waals surface area contributed by atoms with Crippen LogP contribution in [0.4, 0.5) is 0 Å². The number of H-pyrrole nitrogens is 1. The van der Waals surface area contributed by atoms with Gasteiger partial charge < -0.3 is 10.3 Å². The van der Waals surface area contributed by atoms with E-state index < -0.39 is 0 Å². The Hall–Kier alpha value is -1.29. The lowest BCUT2D eigenvalue weighted by atomic mass is 9.95. The fourth-order valence-corrected chi connectivity index (χ4v) is 2.42. The summed E-state index contributed by atoms with van der Waals surface area (Å²) in [7, 11) is 0. The molecule has 17 heavy (non-hydrogen) atoms. The lowest BCUT2D eigenvalue weighted by Gasteiger charge is -2.27. The van der Waals surface area contributed by atoms with Crippen molar-refractivity contribution in [2.24, 2.45) is 0 Å². The van der Waals surface area contributed by atoms with E-state index in [4.69, 9.17) is 11.6 Å². The quantitative estimate of drug-likeness (QED) is 0.789. The molecule has 5 heteroatoms. The average Bonchev–Trinajstić information content (AvgIpc) is 2.32. The number of aromatic amines is 1. The van der Waals surface area contributed by atoms with Crippen LogP contribution in [0.2, 0.25) is 0 Å². The Balaban J connectivity index is 2.03. The van der Waals surface area contributed by atoms with Crippen molar-refractivity contribution in [2.75, 3.05) is 0 Å². The molecule has 92 valence electrons. The highest BCUT2D eigenvalue weighted by atomic mass is 35.5. The Labute approximate surface area is 104 Å². The molecule has 1 heterocycles. The van der Waals surface area contributed by atoms with Gasteiger partial charge in [0.05, 0.1) is 5.38 Å². The first-order valence-electron chi connectivity index (χ1n) is 5.81. The van der Waals surface area contributed by atoms with Gasteiger partial charge in [-0.25, -0.2) is 0 Å². The molecule has 0 bridgehead atoms. The van der Waals surface area contributed by atoms with Crippen LogP contribution >= 0.6 is 11.6 Å². The van der Waals surface area contributed by atoms with Gasteiger partial charge in [-0.1, -0.05) is 18.9 Å². The molecule has 1 aromatic rings. The topological polar surface area (TPSA) is 62.0 Å². The van der Waals surface area contributed by atoms with Gasteiger partial charge in [-0.15, -0.1) is 11.6 Å². The Morgan fingerprint density at radius 3 is 2.82 bits per heavy atom. The maximum Gasteiger partial charge on any atom is 0.268 e. The Morgan fingerprint density at radius 2 is 2.12 bits per heavy atom. The van der Waals surface area contributed by atoms with Gasteiger partial charge in [0.15, 0.2) is 0 Å². The summed E-state index contributed by atoms with van der Waals surface area (Å²) in [5.41, 5.74) is 0.00987. The minimum Gasteiger partial charge on any atom is -0.347 e. The number of amides is 1. The number of halogens is 1. The third kappa shape index (κ3) is 3.09. The van der Waals surface area contributed by atoms with Crippen LogP contribution in [-0.4, -0.2) is 22.3 Å². The largest absolute Gasteiger partial charge is 0.347 e. The smallest absolute Gasteiger partial charge is 0.268 e. The molecule has 0 aliphatic heterocycles. The second-order valence-corrected chi connectivity index (χ2v) is 4.87. The van der Waals surface area contributed by atoms with Crippen LogP contribution in [0.3, 0.4) is 0 Å². The normalized spacial score (nSPS) is 24.3. The summed E-state index contributed by atoms with van der Waals surface area (Å²) in [5, 5.41) is 2.86. The van der Waals surface area contributed by atoms with Gasteiger partial charge in [0.25, 0.3) is 5.91 Å². The summed E-state index contributed by atoms with van der Waals surface area (Å²) < 4.78 is 0. The van der Waals surface area contributed by atoms with Crippen LogP contribution in [0, 0.1) is 0 Å². The highest BCUT2D eigenvalue weighted by Crippen LogP contribution is 2.23. The lowest BCUT2D eigenvalue weighted by molar-refractivity contribution is 0.0923. The number of carbonyl (C=O) groups excluding carboxylic acids is 1. The molecule has 1 fully saturated rings. The SMILES string of the molecule is O=C(NC1CCCCC1Cl)c1cccc(=O)[nH]1. The molecule has 2 N–H and O–H groups in total. The van der Waals surface area contributed by atoms with Gasteiger partial charge >= 0.3 is 0 Å². The zero-order chi connectivity index (χ0) is 12.3. The molecular formula is C12H15ClN2O2. The van der Waals surface area contributed by atoms with Crippen molar-refractivity contribution in [1.29, 1.82) is 0 Å². The third-order valence-corrected chi connectivity index (χ3v) is 3.53. The van der Waals surface area contributed by atoms with Gasteiger partial charge in [-0.2, -0.15) is 0 Å². The van der Waals surface area contributed by atoms with Crippen LogP contribution in [0.25, 0.3) is 0 Å². The summed E-state index contributed by atoms with van der Waals surface area (Å²) in [6.07, 6.45) is 4.02. The first-order chi connectivity index (χ1) is 8.16. The van der Waals surface area contributed by atoms with Crippen molar-refractivity contribution in [1.82, 2.24) is 10.3 Å². The minimum atomic E-state index is -0.274. The van der Waals surface area contributed by atoms with E-state index in [1.165, 1.54) is 6.07 Å². The van der Waals surface area contributed by atoms with E-state index in [1.807, 2.05) is 0 Å². The van der Waals surface area contributed by atoms with E-state index in [0.717, 1.165) is 25.7 Å². The minimum absolute atomic E-state index is 0.00150. The molecule has 0 aromatic carbocycles. The second kappa shape index (κ2) is 5.36. The Kier molecular flexibility index (Phi) is 3.84. The summed E-state index contributed by atoms with van der Waals surface area (Å²) in [4.78, 5) is 25.5. The van der Waals surface area contributed by atoms with Gasteiger partial charge in [-0.3, -0.25) is 9.59 Å². The van der Waals surface area contributed by atoms with Crippen molar-refractivity contribution in [3.63, 3.8) is 0 Å². The van der Waals surface area contributed by atoms with Crippen molar-refractivity contribution < 1.29 is 4.79 Å². The van der Waals surface area contributed by atoms with Crippen LogP contribution in [-0.2, 0) is 0 Å². The maximum atomic E-state index is 11.9. The molecule has 1 aromatic heterocycles. The summed E-state index contributed by atoms with van der Waals surface area (Å²) >= 11 is 6.16. The molecule has 2 unspecified atom stereocenters. The van der Waals surface area contributed by atoms with E-state index in [0.29, 0.717) is 0 Å².